The van der Waals surface area contributed by atoms with Crippen LogP contribution in [-0.2, 0) is 11.0 Å². The Kier molecular flexibility index (Phi) is 7.68. The number of benzene rings is 2. The fourth-order valence-electron chi connectivity index (χ4n) is 3.37. The Morgan fingerprint density at radius 2 is 1.77 bits per heavy atom. The number of carbonyl (C=O) groups excluding carboxylic acids is 1. The Labute approximate surface area is 200 Å². The van der Waals surface area contributed by atoms with Gasteiger partial charge in [-0.1, -0.05) is 30.3 Å². The fourth-order valence-corrected chi connectivity index (χ4v) is 3.37. The summed E-state index contributed by atoms with van der Waals surface area (Å²) in [5, 5.41) is 9.60. The summed E-state index contributed by atoms with van der Waals surface area (Å²) in [7, 11) is 0. The van der Waals surface area contributed by atoms with Gasteiger partial charge in [0.2, 0.25) is 0 Å². The van der Waals surface area contributed by atoms with E-state index in [1.54, 1.807) is 57.2 Å². The molecule has 6 nitrogen and oxygen atoms in total. The molecule has 184 valence electrons. The summed E-state index contributed by atoms with van der Waals surface area (Å²) in [6.45, 7) is 4.51. The molecule has 0 saturated heterocycles. The highest BCUT2D eigenvalue weighted by Crippen LogP contribution is 2.38. The number of amides is 1. The third-order valence-electron chi connectivity index (χ3n) is 5.03. The van der Waals surface area contributed by atoms with Crippen molar-refractivity contribution in [3.05, 3.63) is 88.9 Å². The van der Waals surface area contributed by atoms with Crippen molar-refractivity contribution in [1.29, 1.82) is 0 Å². The number of carbonyl (C=O) groups is 2. The van der Waals surface area contributed by atoms with Gasteiger partial charge in [-0.15, -0.1) is 0 Å². The second kappa shape index (κ2) is 10.5. The number of carboxylic acid groups (broad SMARTS) is 1. The minimum Gasteiger partial charge on any atom is -0.486 e. The molecule has 0 unspecified atom stereocenters. The number of rotatable bonds is 8. The molecule has 1 amide bonds. The van der Waals surface area contributed by atoms with E-state index >= 15 is 0 Å². The largest absolute Gasteiger partial charge is 0.486 e. The first-order chi connectivity index (χ1) is 16.5. The summed E-state index contributed by atoms with van der Waals surface area (Å²) in [5.74, 6) is -1.64. The first kappa shape index (κ1) is 25.6. The van der Waals surface area contributed by atoms with Crippen LogP contribution in [0, 0.1) is 6.92 Å². The Balaban J connectivity index is 2.03. The molecular weight excluding hydrogens is 463 g/mol. The second-order valence-electron chi connectivity index (χ2n) is 8.03. The van der Waals surface area contributed by atoms with Crippen molar-refractivity contribution in [1.82, 2.24) is 0 Å². The molecule has 0 saturated carbocycles. The summed E-state index contributed by atoms with van der Waals surface area (Å²) in [5.41, 5.74) is -0.532. The number of hydrogen-bond acceptors (Lipinski definition) is 4. The summed E-state index contributed by atoms with van der Waals surface area (Å²) in [6.07, 6.45) is -3.30. The lowest BCUT2D eigenvalue weighted by molar-refractivity contribution is -0.138. The number of nitrogens with zero attached hydrogens (tertiary/aromatic N) is 1. The van der Waals surface area contributed by atoms with Crippen molar-refractivity contribution < 1.29 is 37.0 Å². The minimum atomic E-state index is -4.67. The predicted molar refractivity (Wildman–Crippen MR) is 124 cm³/mol. The van der Waals surface area contributed by atoms with Crippen molar-refractivity contribution in [2.75, 3.05) is 11.5 Å². The van der Waals surface area contributed by atoms with Gasteiger partial charge < -0.3 is 14.3 Å². The molecule has 35 heavy (non-hydrogen) atoms. The number of hydrogen-bond donors (Lipinski definition) is 1. The van der Waals surface area contributed by atoms with Crippen molar-refractivity contribution in [3.63, 3.8) is 0 Å². The molecule has 3 aromatic rings. The zero-order valence-electron chi connectivity index (χ0n) is 19.3. The second-order valence-corrected chi connectivity index (χ2v) is 8.03. The third-order valence-corrected chi connectivity index (χ3v) is 5.03. The predicted octanol–water partition coefficient (Wildman–Crippen LogP) is 6.21. The molecule has 0 radical (unpaired) electrons. The lowest BCUT2D eigenvalue weighted by atomic mass is 10.1. The van der Waals surface area contributed by atoms with Crippen molar-refractivity contribution in [2.45, 2.75) is 33.0 Å². The molecule has 0 aliphatic heterocycles. The molecule has 0 atom stereocenters. The van der Waals surface area contributed by atoms with E-state index in [4.69, 9.17) is 9.15 Å². The van der Waals surface area contributed by atoms with Crippen LogP contribution >= 0.6 is 0 Å². The van der Waals surface area contributed by atoms with Gasteiger partial charge in [0.1, 0.15) is 18.1 Å². The molecule has 1 aromatic heterocycles. The van der Waals surface area contributed by atoms with E-state index in [9.17, 15) is 27.9 Å². The normalized spacial score (nSPS) is 12.0. The number of carboxylic acids is 1. The topological polar surface area (TPSA) is 80.0 Å². The highest BCUT2D eigenvalue weighted by Gasteiger charge is 2.33. The van der Waals surface area contributed by atoms with Gasteiger partial charge in [-0.2, -0.15) is 13.2 Å². The minimum absolute atomic E-state index is 0.0113. The van der Waals surface area contributed by atoms with Gasteiger partial charge in [-0.25, -0.2) is 4.79 Å². The van der Waals surface area contributed by atoms with Gasteiger partial charge in [0.05, 0.1) is 16.8 Å². The van der Waals surface area contributed by atoms with E-state index in [1.807, 2.05) is 0 Å². The Morgan fingerprint density at radius 3 is 2.31 bits per heavy atom. The van der Waals surface area contributed by atoms with E-state index < -0.39 is 36.3 Å². The number of ether oxygens (including phenoxy) is 1. The number of aryl methyl sites for hydroxylation is 1. The molecule has 2 aromatic carbocycles. The van der Waals surface area contributed by atoms with Gasteiger partial charge in [-0.05, 0) is 62.7 Å². The van der Waals surface area contributed by atoms with Gasteiger partial charge in [-0.3, -0.25) is 9.69 Å². The zero-order valence-corrected chi connectivity index (χ0v) is 19.3. The number of alkyl halides is 3. The monoisotopic (exact) mass is 487 g/mol. The number of anilines is 1. The zero-order chi connectivity index (χ0) is 25.8. The molecule has 0 aliphatic rings. The highest BCUT2D eigenvalue weighted by atomic mass is 19.4. The van der Waals surface area contributed by atoms with Crippen LogP contribution in [0.15, 0.2) is 70.7 Å². The average molecular weight is 487 g/mol. The van der Waals surface area contributed by atoms with Gasteiger partial charge in [0.25, 0.3) is 5.91 Å². The maximum Gasteiger partial charge on any atom is 0.416 e. The van der Waals surface area contributed by atoms with Crippen LogP contribution in [0.1, 0.15) is 41.3 Å². The molecule has 9 heteroatoms. The van der Waals surface area contributed by atoms with Crippen molar-refractivity contribution in [3.8, 4) is 5.75 Å². The quantitative estimate of drug-likeness (QED) is 0.382. The van der Waals surface area contributed by atoms with Crippen LogP contribution in [0.5, 0.6) is 5.75 Å². The van der Waals surface area contributed by atoms with E-state index in [0.29, 0.717) is 11.3 Å². The van der Waals surface area contributed by atoms with E-state index in [2.05, 4.69) is 0 Å². The maximum absolute atomic E-state index is 13.4. The van der Waals surface area contributed by atoms with Crippen LogP contribution in [-0.4, -0.2) is 29.6 Å². The smallest absolute Gasteiger partial charge is 0.416 e. The molecule has 1 N–H and O–H groups in total. The SMILES string of the molecule is Cc1ccc(C(=O)N(c2ccc(C(F)(F)F)cc2OCC(=Cc2ccccc2)C(=O)O)C(C)C)o1. The van der Waals surface area contributed by atoms with Crippen molar-refractivity contribution >= 4 is 23.6 Å². The first-order valence-electron chi connectivity index (χ1n) is 10.7. The van der Waals surface area contributed by atoms with E-state index in [0.717, 1.165) is 18.2 Å². The van der Waals surface area contributed by atoms with Gasteiger partial charge in [0.15, 0.2) is 5.76 Å². The summed E-state index contributed by atoms with van der Waals surface area (Å²) in [6, 6.07) is 13.9. The van der Waals surface area contributed by atoms with Crippen LogP contribution in [0.3, 0.4) is 0 Å². The lowest BCUT2D eigenvalue weighted by Gasteiger charge is -2.28. The number of aliphatic carboxylic acids is 1. The first-order valence-corrected chi connectivity index (χ1v) is 10.7. The van der Waals surface area contributed by atoms with Gasteiger partial charge >= 0.3 is 12.1 Å². The number of halogens is 3. The third kappa shape index (κ3) is 6.32. The fraction of sp³-hybridized carbons (Fsp3) is 0.231. The van der Waals surface area contributed by atoms with E-state index in [1.165, 1.54) is 17.0 Å². The Morgan fingerprint density at radius 1 is 1.09 bits per heavy atom. The molecule has 0 spiro atoms. The maximum atomic E-state index is 13.4. The van der Waals surface area contributed by atoms with Crippen LogP contribution in [0.2, 0.25) is 0 Å². The number of furan rings is 1. The molecule has 0 bridgehead atoms. The average Bonchev–Trinajstić information content (AvgIpc) is 3.23. The molecule has 0 aliphatic carbocycles. The Hall–Kier alpha value is -4.01. The van der Waals surface area contributed by atoms with Crippen LogP contribution in [0.4, 0.5) is 18.9 Å². The molecular formula is C26H24F3NO5. The Bertz CT molecular complexity index is 1230. The molecule has 1 heterocycles. The van der Waals surface area contributed by atoms with Crippen LogP contribution < -0.4 is 9.64 Å². The summed E-state index contributed by atoms with van der Waals surface area (Å²) < 4.78 is 51.4. The molecule has 0 fully saturated rings. The highest BCUT2D eigenvalue weighted by molar-refractivity contribution is 6.05. The van der Waals surface area contributed by atoms with E-state index in [-0.39, 0.29) is 22.8 Å². The summed E-state index contributed by atoms with van der Waals surface area (Å²) in [4.78, 5) is 26.2. The van der Waals surface area contributed by atoms with Crippen LogP contribution in [0.25, 0.3) is 6.08 Å². The lowest BCUT2D eigenvalue weighted by Crippen LogP contribution is -2.37. The summed E-state index contributed by atoms with van der Waals surface area (Å²) >= 11 is 0. The molecule has 3 rings (SSSR count). The van der Waals surface area contributed by atoms with Gasteiger partial charge in [0, 0.05) is 6.04 Å². The van der Waals surface area contributed by atoms with Crippen molar-refractivity contribution in [2.24, 2.45) is 0 Å². The standard InChI is InChI=1S/C26H24F3NO5/c1-16(2)30(24(31)22-12-9-17(3)35-22)21-11-10-20(26(27,28)29)14-23(21)34-15-19(25(32)33)13-18-7-5-4-6-8-18/h4-14,16H,15H2,1-3H3,(H,32,33).